The lowest BCUT2D eigenvalue weighted by atomic mass is 10.2. The minimum Gasteiger partial charge on any atom is -0.490 e. The Labute approximate surface area is 109 Å². The molecule has 0 aliphatic heterocycles. The van der Waals surface area contributed by atoms with Gasteiger partial charge in [-0.1, -0.05) is 15.9 Å². The van der Waals surface area contributed by atoms with Gasteiger partial charge in [0.1, 0.15) is 0 Å². The standard InChI is InChI=1S/C13H15BrO3/c1-15-4-2-5-16-12-8-10(9-14)7-11-3-6-17-13(11)12/h3,6-8H,2,4-5,9H2,1H3. The number of halogens is 1. The Balaban J connectivity index is 2.16. The van der Waals surface area contributed by atoms with Gasteiger partial charge in [0.05, 0.1) is 12.9 Å². The molecule has 0 radical (unpaired) electrons. The summed E-state index contributed by atoms with van der Waals surface area (Å²) in [6.45, 7) is 1.34. The van der Waals surface area contributed by atoms with Gasteiger partial charge in [-0.05, 0) is 23.8 Å². The fourth-order valence-corrected chi connectivity index (χ4v) is 2.00. The molecular formula is C13H15BrO3. The highest BCUT2D eigenvalue weighted by atomic mass is 79.9. The van der Waals surface area contributed by atoms with Crippen molar-refractivity contribution in [1.82, 2.24) is 0 Å². The van der Waals surface area contributed by atoms with Gasteiger partial charge in [-0.2, -0.15) is 0 Å². The first-order chi connectivity index (χ1) is 8.35. The quantitative estimate of drug-likeness (QED) is 0.601. The van der Waals surface area contributed by atoms with E-state index in [4.69, 9.17) is 13.9 Å². The van der Waals surface area contributed by atoms with E-state index in [0.29, 0.717) is 13.2 Å². The summed E-state index contributed by atoms with van der Waals surface area (Å²) in [7, 11) is 1.69. The normalized spacial score (nSPS) is 10.9. The summed E-state index contributed by atoms with van der Waals surface area (Å²) in [5.74, 6) is 0.804. The molecule has 0 aliphatic carbocycles. The Morgan fingerprint density at radius 2 is 2.18 bits per heavy atom. The zero-order valence-corrected chi connectivity index (χ0v) is 11.3. The number of rotatable bonds is 6. The summed E-state index contributed by atoms with van der Waals surface area (Å²) in [6.07, 6.45) is 2.56. The number of benzene rings is 1. The molecule has 2 aromatic rings. The number of hydrogen-bond acceptors (Lipinski definition) is 3. The molecule has 17 heavy (non-hydrogen) atoms. The van der Waals surface area contributed by atoms with Crippen LogP contribution in [-0.4, -0.2) is 20.3 Å². The van der Waals surface area contributed by atoms with Crippen LogP contribution in [0.4, 0.5) is 0 Å². The summed E-state index contributed by atoms with van der Waals surface area (Å²) in [5.41, 5.74) is 1.99. The van der Waals surface area contributed by atoms with Gasteiger partial charge in [-0.3, -0.25) is 0 Å². The fraction of sp³-hybridized carbons (Fsp3) is 0.385. The minimum atomic E-state index is 0.634. The van der Waals surface area contributed by atoms with Gasteiger partial charge in [-0.25, -0.2) is 0 Å². The van der Waals surface area contributed by atoms with Crippen molar-refractivity contribution in [3.63, 3.8) is 0 Å². The van der Waals surface area contributed by atoms with E-state index in [1.54, 1.807) is 13.4 Å². The summed E-state index contributed by atoms with van der Waals surface area (Å²) in [6, 6.07) is 6.05. The van der Waals surface area contributed by atoms with E-state index in [9.17, 15) is 0 Å². The third-order valence-corrected chi connectivity index (χ3v) is 3.13. The van der Waals surface area contributed by atoms with E-state index < -0.39 is 0 Å². The van der Waals surface area contributed by atoms with Crippen LogP contribution in [0.15, 0.2) is 28.9 Å². The van der Waals surface area contributed by atoms with Crippen LogP contribution in [0.1, 0.15) is 12.0 Å². The van der Waals surface area contributed by atoms with Gasteiger partial charge in [0, 0.05) is 30.9 Å². The van der Waals surface area contributed by atoms with E-state index in [2.05, 4.69) is 22.0 Å². The molecule has 0 saturated carbocycles. The molecule has 3 nitrogen and oxygen atoms in total. The van der Waals surface area contributed by atoms with Crippen LogP contribution in [0, 0.1) is 0 Å². The van der Waals surface area contributed by atoms with Crippen LogP contribution < -0.4 is 4.74 Å². The first-order valence-corrected chi connectivity index (χ1v) is 6.65. The summed E-state index contributed by atoms with van der Waals surface area (Å²) in [4.78, 5) is 0. The third-order valence-electron chi connectivity index (χ3n) is 2.48. The zero-order valence-electron chi connectivity index (χ0n) is 9.74. The van der Waals surface area contributed by atoms with Gasteiger partial charge < -0.3 is 13.9 Å². The Morgan fingerprint density at radius 3 is 2.94 bits per heavy atom. The molecule has 0 saturated heterocycles. The van der Waals surface area contributed by atoms with Crippen molar-refractivity contribution in [2.24, 2.45) is 0 Å². The molecule has 0 bridgehead atoms. The number of hydrogen-bond donors (Lipinski definition) is 0. The Kier molecular flexibility index (Phi) is 4.45. The van der Waals surface area contributed by atoms with Crippen LogP contribution in [0.2, 0.25) is 0 Å². The van der Waals surface area contributed by atoms with Gasteiger partial charge >= 0.3 is 0 Å². The second-order valence-corrected chi connectivity index (χ2v) is 4.32. The second-order valence-electron chi connectivity index (χ2n) is 3.76. The van der Waals surface area contributed by atoms with Crippen LogP contribution in [0.3, 0.4) is 0 Å². The largest absolute Gasteiger partial charge is 0.490 e. The number of alkyl halides is 1. The molecule has 0 aliphatic rings. The molecule has 0 unspecified atom stereocenters. The maximum absolute atomic E-state index is 5.73. The first kappa shape index (κ1) is 12.5. The van der Waals surface area contributed by atoms with Crippen LogP contribution >= 0.6 is 15.9 Å². The lowest BCUT2D eigenvalue weighted by Crippen LogP contribution is -2.01. The van der Waals surface area contributed by atoms with E-state index >= 15 is 0 Å². The predicted octanol–water partition coefficient (Wildman–Crippen LogP) is 3.74. The van der Waals surface area contributed by atoms with Crippen molar-refractivity contribution < 1.29 is 13.9 Å². The fourth-order valence-electron chi connectivity index (χ4n) is 1.68. The summed E-state index contributed by atoms with van der Waals surface area (Å²) in [5, 5.41) is 1.88. The van der Waals surface area contributed by atoms with Gasteiger partial charge in [0.2, 0.25) is 0 Å². The smallest absolute Gasteiger partial charge is 0.175 e. The molecule has 0 amide bonds. The lowest BCUT2D eigenvalue weighted by molar-refractivity contribution is 0.172. The molecule has 4 heteroatoms. The molecule has 1 aromatic carbocycles. The topological polar surface area (TPSA) is 31.6 Å². The Morgan fingerprint density at radius 1 is 1.29 bits per heavy atom. The van der Waals surface area contributed by atoms with E-state index in [1.165, 1.54) is 5.56 Å². The highest BCUT2D eigenvalue weighted by molar-refractivity contribution is 9.08. The SMILES string of the molecule is COCCCOc1cc(CBr)cc2ccoc12. The molecule has 92 valence electrons. The Hall–Kier alpha value is -1.00. The lowest BCUT2D eigenvalue weighted by Gasteiger charge is -2.07. The van der Waals surface area contributed by atoms with E-state index in [0.717, 1.165) is 28.5 Å². The van der Waals surface area contributed by atoms with Gasteiger partial charge in [-0.15, -0.1) is 0 Å². The number of methoxy groups -OCH3 is 1. The summed E-state index contributed by atoms with van der Waals surface area (Å²) >= 11 is 3.45. The van der Waals surface area contributed by atoms with E-state index in [1.807, 2.05) is 12.1 Å². The van der Waals surface area contributed by atoms with Crippen LogP contribution in [0.5, 0.6) is 5.75 Å². The molecule has 0 N–H and O–H groups in total. The van der Waals surface area contributed by atoms with Crippen molar-refractivity contribution in [3.8, 4) is 5.75 Å². The van der Waals surface area contributed by atoms with Crippen molar-refractivity contribution in [2.75, 3.05) is 20.3 Å². The van der Waals surface area contributed by atoms with E-state index in [-0.39, 0.29) is 0 Å². The molecule has 0 fully saturated rings. The molecule has 0 atom stereocenters. The number of fused-ring (bicyclic) bond motifs is 1. The highest BCUT2D eigenvalue weighted by Crippen LogP contribution is 2.29. The first-order valence-electron chi connectivity index (χ1n) is 5.53. The second kappa shape index (κ2) is 6.07. The molecule has 0 spiro atoms. The monoisotopic (exact) mass is 298 g/mol. The number of ether oxygens (including phenoxy) is 2. The van der Waals surface area contributed by atoms with Crippen molar-refractivity contribution in [2.45, 2.75) is 11.8 Å². The minimum absolute atomic E-state index is 0.634. The predicted molar refractivity (Wildman–Crippen MR) is 70.8 cm³/mol. The summed E-state index contributed by atoms with van der Waals surface area (Å²) < 4.78 is 16.1. The van der Waals surface area contributed by atoms with Crippen LogP contribution in [0.25, 0.3) is 11.0 Å². The van der Waals surface area contributed by atoms with Crippen molar-refractivity contribution in [1.29, 1.82) is 0 Å². The average molecular weight is 299 g/mol. The number of furan rings is 1. The molecular weight excluding hydrogens is 284 g/mol. The maximum Gasteiger partial charge on any atom is 0.175 e. The Bertz CT molecular complexity index is 478. The van der Waals surface area contributed by atoms with Crippen molar-refractivity contribution in [3.05, 3.63) is 30.0 Å². The molecule has 2 rings (SSSR count). The van der Waals surface area contributed by atoms with Gasteiger partial charge in [0.25, 0.3) is 0 Å². The third kappa shape index (κ3) is 3.01. The molecule has 1 aromatic heterocycles. The molecule has 1 heterocycles. The average Bonchev–Trinajstić information content (AvgIpc) is 2.82. The zero-order chi connectivity index (χ0) is 12.1. The van der Waals surface area contributed by atoms with Crippen LogP contribution in [-0.2, 0) is 10.1 Å². The maximum atomic E-state index is 5.73. The van der Waals surface area contributed by atoms with Crippen molar-refractivity contribution >= 4 is 26.9 Å². The van der Waals surface area contributed by atoms with Gasteiger partial charge in [0.15, 0.2) is 11.3 Å². The highest BCUT2D eigenvalue weighted by Gasteiger charge is 2.07.